The van der Waals surface area contributed by atoms with E-state index in [4.69, 9.17) is 0 Å². The van der Waals surface area contributed by atoms with Crippen molar-refractivity contribution in [3.63, 3.8) is 0 Å². The number of benzene rings is 1. The third-order valence-electron chi connectivity index (χ3n) is 4.19. The first kappa shape index (κ1) is 23.7. The Hall–Kier alpha value is -1.32. The molecule has 1 aromatic carbocycles. The van der Waals surface area contributed by atoms with E-state index in [2.05, 4.69) is 51.8 Å². The lowest BCUT2D eigenvalue weighted by molar-refractivity contribution is 0.0677. The van der Waals surface area contributed by atoms with Gasteiger partial charge in [0.15, 0.2) is 5.96 Å². The highest BCUT2D eigenvalue weighted by molar-refractivity contribution is 14.0. The van der Waals surface area contributed by atoms with Gasteiger partial charge in [0.05, 0.1) is 6.54 Å². The van der Waals surface area contributed by atoms with Crippen molar-refractivity contribution >= 4 is 47.0 Å². The molecule has 0 radical (unpaired) electrons. The number of aliphatic imine (C=N–C) groups is 1. The highest BCUT2D eigenvalue weighted by atomic mass is 127. The summed E-state index contributed by atoms with van der Waals surface area (Å²) < 4.78 is 0. The van der Waals surface area contributed by atoms with Gasteiger partial charge in [0.1, 0.15) is 5.60 Å². The highest BCUT2D eigenvalue weighted by Gasteiger charge is 2.23. The van der Waals surface area contributed by atoms with Crippen LogP contribution in [0.15, 0.2) is 52.2 Å². The second-order valence-electron chi connectivity index (χ2n) is 6.52. The van der Waals surface area contributed by atoms with Gasteiger partial charge >= 0.3 is 0 Å². The number of anilines is 1. The second kappa shape index (κ2) is 12.2. The molecule has 7 heteroatoms. The number of hydrogen-bond acceptors (Lipinski definition) is 4. The maximum absolute atomic E-state index is 10.6. The van der Waals surface area contributed by atoms with E-state index in [0.29, 0.717) is 6.54 Å². The third-order valence-corrected chi connectivity index (χ3v) is 4.88. The van der Waals surface area contributed by atoms with Gasteiger partial charge in [-0.2, -0.15) is 11.3 Å². The van der Waals surface area contributed by atoms with Crippen LogP contribution in [0, 0.1) is 0 Å². The Labute approximate surface area is 183 Å². The van der Waals surface area contributed by atoms with Crippen LogP contribution in [0.2, 0.25) is 0 Å². The van der Waals surface area contributed by atoms with Crippen LogP contribution in [0.3, 0.4) is 0 Å². The maximum Gasteiger partial charge on any atom is 0.191 e. The predicted octanol–water partition coefficient (Wildman–Crippen LogP) is 3.66. The van der Waals surface area contributed by atoms with Crippen LogP contribution in [0.5, 0.6) is 0 Å². The Morgan fingerprint density at radius 3 is 2.59 bits per heavy atom. The molecule has 0 aliphatic heterocycles. The lowest BCUT2D eigenvalue weighted by atomic mass is 10.00. The van der Waals surface area contributed by atoms with Gasteiger partial charge in [-0.25, -0.2) is 4.99 Å². The fraction of sp³-hybridized carbons (Fsp3) is 0.450. The number of aliphatic hydroxyl groups is 1. The van der Waals surface area contributed by atoms with Gasteiger partial charge in [-0.1, -0.05) is 18.2 Å². The van der Waals surface area contributed by atoms with Gasteiger partial charge < -0.3 is 20.6 Å². The Kier molecular flexibility index (Phi) is 10.7. The van der Waals surface area contributed by atoms with Crippen molar-refractivity contribution in [3.8, 4) is 0 Å². The molecule has 0 fully saturated rings. The normalized spacial score (nSPS) is 13.4. The van der Waals surface area contributed by atoms with Crippen LogP contribution in [0.4, 0.5) is 5.69 Å². The minimum atomic E-state index is -0.949. The smallest absolute Gasteiger partial charge is 0.191 e. The fourth-order valence-corrected chi connectivity index (χ4v) is 3.35. The lowest BCUT2D eigenvalue weighted by Crippen LogP contribution is -2.40. The van der Waals surface area contributed by atoms with Crippen LogP contribution >= 0.6 is 35.3 Å². The quantitative estimate of drug-likeness (QED) is 0.212. The molecule has 0 amide bonds. The topological polar surface area (TPSA) is 59.9 Å². The first-order valence-electron chi connectivity index (χ1n) is 9.06. The van der Waals surface area contributed by atoms with Crippen molar-refractivity contribution in [2.45, 2.75) is 25.9 Å². The average molecular weight is 502 g/mol. The van der Waals surface area contributed by atoms with Crippen LogP contribution in [0.25, 0.3) is 0 Å². The third kappa shape index (κ3) is 8.06. The minimum Gasteiger partial charge on any atom is -0.383 e. The summed E-state index contributed by atoms with van der Waals surface area (Å²) in [5, 5.41) is 21.1. The summed E-state index contributed by atoms with van der Waals surface area (Å²) in [5.41, 5.74) is 1.18. The minimum absolute atomic E-state index is 0. The maximum atomic E-state index is 10.6. The molecule has 0 saturated carbocycles. The van der Waals surface area contributed by atoms with Crippen LogP contribution in [-0.4, -0.2) is 44.3 Å². The van der Waals surface area contributed by atoms with Gasteiger partial charge in [-0.3, -0.25) is 0 Å². The fourth-order valence-electron chi connectivity index (χ4n) is 2.57. The zero-order chi connectivity index (χ0) is 18.8. The first-order valence-corrected chi connectivity index (χ1v) is 10.0. The Balaban J connectivity index is 0.00000364. The molecule has 1 heterocycles. The van der Waals surface area contributed by atoms with Crippen LogP contribution in [0.1, 0.15) is 25.8 Å². The lowest BCUT2D eigenvalue weighted by Gasteiger charge is -2.22. The molecule has 0 saturated heterocycles. The second-order valence-corrected chi connectivity index (χ2v) is 7.30. The van der Waals surface area contributed by atoms with Gasteiger partial charge in [0, 0.05) is 32.4 Å². The number of halogens is 1. The molecule has 2 aromatic rings. The predicted molar refractivity (Wildman–Crippen MR) is 128 cm³/mol. The monoisotopic (exact) mass is 502 g/mol. The van der Waals surface area contributed by atoms with Gasteiger partial charge in [-0.15, -0.1) is 24.0 Å². The molecule has 3 N–H and O–H groups in total. The molecule has 0 bridgehead atoms. The van der Waals surface area contributed by atoms with Gasteiger partial charge in [0.2, 0.25) is 0 Å². The van der Waals surface area contributed by atoms with E-state index >= 15 is 0 Å². The van der Waals surface area contributed by atoms with E-state index < -0.39 is 5.60 Å². The standard InChI is InChI=1S/C20H30N4OS.HI/c1-4-21-19(23-16-20(2,25)17-11-14-26-15-17)22-12-8-13-24(3)18-9-6-5-7-10-18;/h5-7,9-11,14-15,25H,4,8,12-13,16H2,1-3H3,(H2,21,22,23);1H. The zero-order valence-corrected chi connectivity index (χ0v) is 19.5. The number of thiophene rings is 1. The molecule has 5 nitrogen and oxygen atoms in total. The van der Waals surface area contributed by atoms with E-state index in [1.807, 2.05) is 29.8 Å². The summed E-state index contributed by atoms with van der Waals surface area (Å²) in [6.45, 7) is 6.74. The van der Waals surface area contributed by atoms with Crippen molar-refractivity contribution in [2.75, 3.05) is 38.1 Å². The van der Waals surface area contributed by atoms with Gasteiger partial charge in [0.25, 0.3) is 0 Å². The zero-order valence-electron chi connectivity index (χ0n) is 16.3. The Morgan fingerprint density at radius 1 is 1.22 bits per heavy atom. The molecule has 1 unspecified atom stereocenters. The summed E-state index contributed by atoms with van der Waals surface area (Å²) >= 11 is 1.58. The number of para-hydroxylation sites is 1. The number of guanidine groups is 1. The molecule has 1 aromatic heterocycles. The van der Waals surface area contributed by atoms with Crippen LogP contribution in [-0.2, 0) is 5.60 Å². The SMILES string of the molecule is CCNC(=NCC(C)(O)c1ccsc1)NCCCN(C)c1ccccc1.I. The molecule has 27 heavy (non-hydrogen) atoms. The summed E-state index contributed by atoms with van der Waals surface area (Å²) in [6.07, 6.45) is 0.997. The van der Waals surface area contributed by atoms with Crippen molar-refractivity contribution in [1.82, 2.24) is 10.6 Å². The van der Waals surface area contributed by atoms with E-state index in [9.17, 15) is 5.11 Å². The Bertz CT molecular complexity index is 662. The summed E-state index contributed by atoms with van der Waals surface area (Å²) in [6, 6.07) is 12.3. The van der Waals surface area contributed by atoms with E-state index in [0.717, 1.165) is 37.6 Å². The number of nitrogens with one attached hydrogen (secondary N) is 2. The highest BCUT2D eigenvalue weighted by Crippen LogP contribution is 2.23. The molecular formula is C20H31IN4OS. The van der Waals surface area contributed by atoms with Crippen molar-refractivity contribution in [1.29, 1.82) is 0 Å². The van der Waals surface area contributed by atoms with E-state index in [1.54, 1.807) is 18.3 Å². The first-order chi connectivity index (χ1) is 12.5. The number of hydrogen-bond donors (Lipinski definition) is 3. The largest absolute Gasteiger partial charge is 0.383 e. The molecular weight excluding hydrogens is 471 g/mol. The molecule has 0 spiro atoms. The summed E-state index contributed by atoms with van der Waals surface area (Å²) in [7, 11) is 2.10. The molecule has 150 valence electrons. The molecule has 0 aliphatic carbocycles. The number of rotatable bonds is 9. The average Bonchev–Trinajstić information content (AvgIpc) is 3.19. The summed E-state index contributed by atoms with van der Waals surface area (Å²) in [4.78, 5) is 6.79. The molecule has 0 aliphatic rings. The van der Waals surface area contributed by atoms with Crippen molar-refractivity contribution in [2.24, 2.45) is 4.99 Å². The molecule has 1 atom stereocenters. The van der Waals surface area contributed by atoms with Crippen LogP contribution < -0.4 is 15.5 Å². The number of nitrogens with zero attached hydrogens (tertiary/aromatic N) is 2. The van der Waals surface area contributed by atoms with Crippen molar-refractivity contribution in [3.05, 3.63) is 52.7 Å². The Morgan fingerprint density at radius 2 is 1.96 bits per heavy atom. The van der Waals surface area contributed by atoms with Gasteiger partial charge in [-0.05, 0) is 54.8 Å². The molecule has 2 rings (SSSR count). The van der Waals surface area contributed by atoms with E-state index in [1.165, 1.54) is 5.69 Å². The van der Waals surface area contributed by atoms with Crippen molar-refractivity contribution < 1.29 is 5.11 Å². The van der Waals surface area contributed by atoms with E-state index in [-0.39, 0.29) is 24.0 Å². The summed E-state index contributed by atoms with van der Waals surface area (Å²) in [5.74, 6) is 0.741.